The highest BCUT2D eigenvalue weighted by atomic mass is 16.5. The number of nitrogens with zero attached hydrogens (tertiary/aromatic N) is 2. The van der Waals surface area contributed by atoms with Gasteiger partial charge in [0.2, 0.25) is 5.91 Å². The Labute approximate surface area is 161 Å². The van der Waals surface area contributed by atoms with Crippen molar-refractivity contribution < 1.29 is 14.3 Å². The van der Waals surface area contributed by atoms with Crippen molar-refractivity contribution in [3.05, 3.63) is 29.8 Å². The first kappa shape index (κ1) is 19.7. The van der Waals surface area contributed by atoms with E-state index in [2.05, 4.69) is 17.3 Å². The summed E-state index contributed by atoms with van der Waals surface area (Å²) in [7, 11) is 3.67. The monoisotopic (exact) mass is 373 g/mol. The molecule has 1 N–H and O–H groups in total. The molecule has 0 bridgehead atoms. The van der Waals surface area contributed by atoms with E-state index in [1.807, 2.05) is 17.0 Å². The van der Waals surface area contributed by atoms with Crippen molar-refractivity contribution in [2.75, 3.05) is 40.3 Å². The number of nitrogens with one attached hydrogen (secondary N) is 1. The Morgan fingerprint density at radius 3 is 2.59 bits per heavy atom. The molecule has 27 heavy (non-hydrogen) atoms. The third-order valence-corrected chi connectivity index (χ3v) is 5.83. The number of rotatable bonds is 5. The second kappa shape index (κ2) is 9.22. The van der Waals surface area contributed by atoms with Crippen molar-refractivity contribution in [3.8, 4) is 5.75 Å². The summed E-state index contributed by atoms with van der Waals surface area (Å²) < 4.78 is 5.28. The topological polar surface area (TPSA) is 61.9 Å². The van der Waals surface area contributed by atoms with E-state index in [1.165, 1.54) is 0 Å². The predicted octanol–water partition coefficient (Wildman–Crippen LogP) is 2.15. The van der Waals surface area contributed by atoms with E-state index >= 15 is 0 Å². The van der Waals surface area contributed by atoms with Crippen LogP contribution in [0.5, 0.6) is 5.75 Å². The van der Waals surface area contributed by atoms with Crippen LogP contribution in [-0.4, -0.2) is 68.0 Å². The van der Waals surface area contributed by atoms with Crippen molar-refractivity contribution in [1.82, 2.24) is 15.1 Å². The van der Waals surface area contributed by atoms with Crippen LogP contribution in [-0.2, 0) is 4.79 Å². The lowest BCUT2D eigenvalue weighted by Crippen LogP contribution is -2.52. The fraction of sp³-hybridized carbons (Fsp3) is 0.619. The molecule has 2 fully saturated rings. The molecule has 0 saturated carbocycles. The van der Waals surface area contributed by atoms with Gasteiger partial charge in [0.15, 0.2) is 0 Å². The standard InChI is InChI=1S/C21H31N3O3/c1-23-13-10-16(11-14-23)21(26)24-12-6-5-7-17(24)15-22-20(25)18-8-3-4-9-19(18)27-2/h3-4,8-9,16-17H,5-7,10-15H2,1-2H3,(H,22,25)/t17-/m0/s1. The maximum absolute atomic E-state index is 13.1. The molecule has 0 unspecified atom stereocenters. The maximum Gasteiger partial charge on any atom is 0.255 e. The molecule has 2 saturated heterocycles. The summed E-state index contributed by atoms with van der Waals surface area (Å²) in [4.78, 5) is 30.0. The second-order valence-electron chi connectivity index (χ2n) is 7.67. The van der Waals surface area contributed by atoms with Crippen molar-refractivity contribution in [1.29, 1.82) is 0 Å². The molecular weight excluding hydrogens is 342 g/mol. The van der Waals surface area contributed by atoms with Crippen LogP contribution in [0.15, 0.2) is 24.3 Å². The summed E-state index contributed by atoms with van der Waals surface area (Å²) in [6.45, 7) is 3.27. The maximum atomic E-state index is 13.1. The number of carbonyl (C=O) groups excluding carboxylic acids is 2. The molecule has 3 rings (SSSR count). The molecular formula is C21H31N3O3. The first-order chi connectivity index (χ1) is 13.1. The van der Waals surface area contributed by atoms with E-state index in [0.29, 0.717) is 17.9 Å². The van der Waals surface area contributed by atoms with Gasteiger partial charge in [-0.2, -0.15) is 0 Å². The molecule has 2 aliphatic rings. The first-order valence-corrected chi connectivity index (χ1v) is 10.0. The molecule has 2 aliphatic heterocycles. The molecule has 0 spiro atoms. The van der Waals surface area contributed by atoms with E-state index in [9.17, 15) is 9.59 Å². The van der Waals surface area contributed by atoms with Crippen LogP contribution >= 0.6 is 0 Å². The van der Waals surface area contributed by atoms with Gasteiger partial charge in [0.25, 0.3) is 5.91 Å². The molecule has 6 heteroatoms. The lowest BCUT2D eigenvalue weighted by Gasteiger charge is -2.39. The number of para-hydroxylation sites is 1. The zero-order valence-electron chi connectivity index (χ0n) is 16.4. The van der Waals surface area contributed by atoms with E-state index in [4.69, 9.17) is 4.74 Å². The third-order valence-electron chi connectivity index (χ3n) is 5.83. The SMILES string of the molecule is COc1ccccc1C(=O)NC[C@@H]1CCCCN1C(=O)C1CCN(C)CC1. The summed E-state index contributed by atoms with van der Waals surface area (Å²) >= 11 is 0. The Hall–Kier alpha value is -2.08. The molecule has 1 atom stereocenters. The number of methoxy groups -OCH3 is 1. The molecule has 148 valence electrons. The number of benzene rings is 1. The zero-order valence-corrected chi connectivity index (χ0v) is 16.4. The van der Waals surface area contributed by atoms with E-state index in [1.54, 1.807) is 19.2 Å². The Morgan fingerprint density at radius 2 is 1.85 bits per heavy atom. The fourth-order valence-corrected chi connectivity index (χ4v) is 4.13. The Kier molecular flexibility index (Phi) is 6.72. The molecule has 2 amide bonds. The van der Waals surface area contributed by atoms with E-state index in [-0.39, 0.29) is 23.8 Å². The van der Waals surface area contributed by atoms with Crippen molar-refractivity contribution in [2.24, 2.45) is 5.92 Å². The van der Waals surface area contributed by atoms with Gasteiger partial charge in [-0.1, -0.05) is 12.1 Å². The molecule has 0 radical (unpaired) electrons. The van der Waals surface area contributed by atoms with Crippen LogP contribution in [0, 0.1) is 5.92 Å². The number of hydrogen-bond donors (Lipinski definition) is 1. The van der Waals surface area contributed by atoms with Crippen LogP contribution < -0.4 is 10.1 Å². The van der Waals surface area contributed by atoms with Gasteiger partial charge >= 0.3 is 0 Å². The van der Waals surface area contributed by atoms with Gasteiger partial charge in [-0.15, -0.1) is 0 Å². The van der Waals surface area contributed by atoms with Crippen LogP contribution in [0.25, 0.3) is 0 Å². The van der Waals surface area contributed by atoms with Gasteiger partial charge in [0, 0.05) is 25.0 Å². The highest BCUT2D eigenvalue weighted by molar-refractivity contribution is 5.96. The van der Waals surface area contributed by atoms with Gasteiger partial charge in [-0.05, 0) is 64.4 Å². The minimum Gasteiger partial charge on any atom is -0.496 e. The largest absolute Gasteiger partial charge is 0.496 e. The number of piperidine rings is 2. The zero-order chi connectivity index (χ0) is 19.2. The fourth-order valence-electron chi connectivity index (χ4n) is 4.13. The second-order valence-corrected chi connectivity index (χ2v) is 7.67. The number of likely N-dealkylation sites (tertiary alicyclic amines) is 2. The Bertz CT molecular complexity index is 656. The van der Waals surface area contributed by atoms with Gasteiger partial charge in [0.1, 0.15) is 5.75 Å². The van der Waals surface area contributed by atoms with Gasteiger partial charge in [-0.25, -0.2) is 0 Å². The minimum absolute atomic E-state index is 0.0876. The number of hydrogen-bond acceptors (Lipinski definition) is 4. The summed E-state index contributed by atoms with van der Waals surface area (Å²) in [5, 5.41) is 3.02. The molecule has 6 nitrogen and oxygen atoms in total. The van der Waals surface area contributed by atoms with Gasteiger partial charge < -0.3 is 19.9 Å². The van der Waals surface area contributed by atoms with E-state index < -0.39 is 0 Å². The van der Waals surface area contributed by atoms with Crippen molar-refractivity contribution >= 4 is 11.8 Å². The Balaban J connectivity index is 1.60. The molecule has 1 aromatic rings. The smallest absolute Gasteiger partial charge is 0.255 e. The summed E-state index contributed by atoms with van der Waals surface area (Å²) in [6.07, 6.45) is 4.98. The van der Waals surface area contributed by atoms with Gasteiger partial charge in [0.05, 0.1) is 12.7 Å². The quantitative estimate of drug-likeness (QED) is 0.859. The van der Waals surface area contributed by atoms with Crippen LogP contribution in [0.2, 0.25) is 0 Å². The summed E-state index contributed by atoms with van der Waals surface area (Å²) in [5.41, 5.74) is 0.531. The molecule has 0 aromatic heterocycles. The van der Waals surface area contributed by atoms with E-state index in [0.717, 1.165) is 51.7 Å². The average molecular weight is 373 g/mol. The van der Waals surface area contributed by atoms with Crippen LogP contribution in [0.1, 0.15) is 42.5 Å². The molecule has 2 heterocycles. The molecule has 1 aromatic carbocycles. The van der Waals surface area contributed by atoms with Crippen molar-refractivity contribution in [2.45, 2.75) is 38.1 Å². The minimum atomic E-state index is -0.148. The van der Waals surface area contributed by atoms with Crippen LogP contribution in [0.4, 0.5) is 0 Å². The highest BCUT2D eigenvalue weighted by Crippen LogP contribution is 2.24. The molecule has 0 aliphatic carbocycles. The predicted molar refractivity (Wildman–Crippen MR) is 105 cm³/mol. The van der Waals surface area contributed by atoms with Crippen molar-refractivity contribution in [3.63, 3.8) is 0 Å². The number of amides is 2. The summed E-state index contributed by atoms with van der Waals surface area (Å²) in [6, 6.07) is 7.30. The third kappa shape index (κ3) is 4.80. The number of carbonyl (C=O) groups is 2. The Morgan fingerprint density at radius 1 is 1.11 bits per heavy atom. The lowest BCUT2D eigenvalue weighted by atomic mass is 9.92. The first-order valence-electron chi connectivity index (χ1n) is 10.0. The summed E-state index contributed by atoms with van der Waals surface area (Å²) in [5.74, 6) is 0.827. The lowest BCUT2D eigenvalue weighted by molar-refractivity contribution is -0.140. The normalized spacial score (nSPS) is 21.7. The number of ether oxygens (including phenoxy) is 1. The average Bonchev–Trinajstić information content (AvgIpc) is 2.72. The highest BCUT2D eigenvalue weighted by Gasteiger charge is 2.33. The van der Waals surface area contributed by atoms with Crippen LogP contribution in [0.3, 0.4) is 0 Å². The van der Waals surface area contributed by atoms with Gasteiger partial charge in [-0.3, -0.25) is 9.59 Å².